The van der Waals surface area contributed by atoms with Crippen LogP contribution in [0.2, 0.25) is 0 Å². The van der Waals surface area contributed by atoms with Gasteiger partial charge in [-0.15, -0.1) is 0 Å². The molecule has 3 nitrogen and oxygen atoms in total. The summed E-state index contributed by atoms with van der Waals surface area (Å²) < 4.78 is 0. The zero-order chi connectivity index (χ0) is 14.8. The van der Waals surface area contributed by atoms with Gasteiger partial charge in [-0.25, -0.2) is 0 Å². The lowest BCUT2D eigenvalue weighted by molar-refractivity contribution is 0.0734. The summed E-state index contributed by atoms with van der Waals surface area (Å²) in [5.41, 5.74) is 2.54. The molecule has 110 valence electrons. The van der Waals surface area contributed by atoms with E-state index >= 15 is 0 Å². The van der Waals surface area contributed by atoms with E-state index in [2.05, 4.69) is 16.7 Å². The maximum Gasteiger partial charge on any atom is 0.254 e. The zero-order valence-corrected chi connectivity index (χ0v) is 12.4. The summed E-state index contributed by atoms with van der Waals surface area (Å²) in [5, 5.41) is 8.79. The first-order valence-corrected chi connectivity index (χ1v) is 7.70. The molecule has 0 radical (unpaired) electrons. The van der Waals surface area contributed by atoms with Gasteiger partial charge < -0.3 is 10.0 Å². The molecule has 0 aromatic heterocycles. The molecule has 0 aliphatic heterocycles. The lowest BCUT2D eigenvalue weighted by atomic mass is 10.0. The maximum absolute atomic E-state index is 12.9. The molecule has 2 fully saturated rings. The molecule has 1 N–H and O–H groups in total. The average molecular weight is 283 g/mol. The Morgan fingerprint density at radius 1 is 1.33 bits per heavy atom. The number of aliphatic hydroxyl groups is 1. The molecular formula is C18H21NO2. The van der Waals surface area contributed by atoms with Crippen molar-refractivity contribution in [3.05, 3.63) is 34.9 Å². The van der Waals surface area contributed by atoms with E-state index in [9.17, 15) is 4.79 Å². The minimum absolute atomic E-state index is 0.148. The van der Waals surface area contributed by atoms with Gasteiger partial charge in [0.05, 0.1) is 0 Å². The average Bonchev–Trinajstić information content (AvgIpc) is 3.36. The van der Waals surface area contributed by atoms with Crippen molar-refractivity contribution in [3.8, 4) is 11.8 Å². The number of rotatable bonds is 4. The second-order valence-electron chi connectivity index (χ2n) is 6.12. The van der Waals surface area contributed by atoms with Crippen LogP contribution in [-0.2, 0) is 0 Å². The van der Waals surface area contributed by atoms with Crippen LogP contribution < -0.4 is 0 Å². The Morgan fingerprint density at radius 3 is 2.71 bits per heavy atom. The van der Waals surface area contributed by atoms with Crippen LogP contribution in [0.4, 0.5) is 0 Å². The van der Waals surface area contributed by atoms with E-state index in [0.29, 0.717) is 12.0 Å². The summed E-state index contributed by atoms with van der Waals surface area (Å²) in [5.74, 6) is 6.38. The number of benzene rings is 1. The molecule has 0 bridgehead atoms. The van der Waals surface area contributed by atoms with Gasteiger partial charge in [0, 0.05) is 23.7 Å². The van der Waals surface area contributed by atoms with Crippen molar-refractivity contribution in [3.63, 3.8) is 0 Å². The smallest absolute Gasteiger partial charge is 0.254 e. The summed E-state index contributed by atoms with van der Waals surface area (Å²) in [6.45, 7) is 2.72. The molecule has 2 aliphatic rings. The van der Waals surface area contributed by atoms with Crippen LogP contribution >= 0.6 is 0 Å². The van der Waals surface area contributed by atoms with E-state index in [0.717, 1.165) is 36.1 Å². The molecule has 3 rings (SSSR count). The molecule has 1 amide bonds. The Hall–Kier alpha value is -1.79. The van der Waals surface area contributed by atoms with Gasteiger partial charge in [-0.1, -0.05) is 17.9 Å². The minimum Gasteiger partial charge on any atom is -0.384 e. The van der Waals surface area contributed by atoms with Crippen LogP contribution in [0.3, 0.4) is 0 Å². The van der Waals surface area contributed by atoms with Gasteiger partial charge in [0.2, 0.25) is 0 Å². The van der Waals surface area contributed by atoms with Crippen LogP contribution in [-0.4, -0.2) is 35.1 Å². The van der Waals surface area contributed by atoms with Gasteiger partial charge in [0.15, 0.2) is 0 Å². The molecule has 21 heavy (non-hydrogen) atoms. The Bertz CT molecular complexity index is 603. The molecule has 1 aromatic rings. The van der Waals surface area contributed by atoms with Gasteiger partial charge in [0.25, 0.3) is 5.91 Å². The second-order valence-corrected chi connectivity index (χ2v) is 6.12. The molecule has 1 aromatic carbocycles. The number of hydrogen-bond donors (Lipinski definition) is 1. The van der Waals surface area contributed by atoms with Crippen LogP contribution in [0.15, 0.2) is 18.2 Å². The summed E-state index contributed by atoms with van der Waals surface area (Å²) >= 11 is 0. The Kier molecular flexibility index (Phi) is 3.98. The van der Waals surface area contributed by atoms with E-state index < -0.39 is 0 Å². The van der Waals surface area contributed by atoms with Crippen LogP contribution in [0.1, 0.15) is 47.2 Å². The second kappa shape index (κ2) is 5.91. The minimum atomic E-state index is -0.160. The van der Waals surface area contributed by atoms with Crippen molar-refractivity contribution in [1.29, 1.82) is 0 Å². The predicted molar refractivity (Wildman–Crippen MR) is 81.9 cm³/mol. The number of hydrogen-bond acceptors (Lipinski definition) is 2. The van der Waals surface area contributed by atoms with Gasteiger partial charge in [-0.05, 0) is 56.2 Å². The lowest BCUT2D eigenvalue weighted by Crippen LogP contribution is -2.35. The van der Waals surface area contributed by atoms with Crippen molar-refractivity contribution < 1.29 is 9.90 Å². The summed E-state index contributed by atoms with van der Waals surface area (Å²) in [6, 6.07) is 6.15. The third-order valence-corrected chi connectivity index (χ3v) is 4.18. The Balaban J connectivity index is 1.84. The summed E-state index contributed by atoms with van der Waals surface area (Å²) in [4.78, 5) is 14.9. The highest BCUT2D eigenvalue weighted by Gasteiger charge is 2.37. The molecule has 2 saturated carbocycles. The molecule has 0 unspecified atom stereocenters. The predicted octanol–water partition coefficient (Wildman–Crippen LogP) is 2.35. The fraction of sp³-hybridized carbons (Fsp3) is 0.500. The fourth-order valence-corrected chi connectivity index (χ4v) is 2.59. The van der Waals surface area contributed by atoms with E-state index in [4.69, 9.17) is 5.11 Å². The lowest BCUT2D eigenvalue weighted by Gasteiger charge is -2.23. The normalized spacial score (nSPS) is 17.0. The highest BCUT2D eigenvalue weighted by Crippen LogP contribution is 2.35. The van der Waals surface area contributed by atoms with Crippen molar-refractivity contribution in [2.75, 3.05) is 13.2 Å². The number of amides is 1. The molecule has 0 heterocycles. The maximum atomic E-state index is 12.9. The van der Waals surface area contributed by atoms with Crippen LogP contribution in [0.5, 0.6) is 0 Å². The van der Waals surface area contributed by atoms with Gasteiger partial charge in [-0.2, -0.15) is 0 Å². The van der Waals surface area contributed by atoms with Gasteiger partial charge in [0.1, 0.15) is 6.61 Å². The molecular weight excluding hydrogens is 262 g/mol. The van der Waals surface area contributed by atoms with Gasteiger partial charge >= 0.3 is 0 Å². The molecule has 0 saturated heterocycles. The first-order valence-electron chi connectivity index (χ1n) is 7.70. The first kappa shape index (κ1) is 14.2. The van der Waals surface area contributed by atoms with Crippen molar-refractivity contribution in [2.45, 2.75) is 38.6 Å². The quantitative estimate of drug-likeness (QED) is 0.862. The summed E-state index contributed by atoms with van der Waals surface area (Å²) in [6.07, 6.45) is 4.80. The molecule has 3 heteroatoms. The number of carbonyl (C=O) groups is 1. The Morgan fingerprint density at radius 2 is 2.10 bits per heavy atom. The van der Waals surface area contributed by atoms with Crippen LogP contribution in [0, 0.1) is 24.7 Å². The third kappa shape index (κ3) is 3.46. The topological polar surface area (TPSA) is 40.5 Å². The number of aliphatic hydroxyl groups excluding tert-OH is 1. The van der Waals surface area contributed by atoms with E-state index in [1.54, 1.807) is 0 Å². The first-order chi connectivity index (χ1) is 10.2. The van der Waals surface area contributed by atoms with Crippen LogP contribution in [0.25, 0.3) is 0 Å². The Labute approximate surface area is 126 Å². The van der Waals surface area contributed by atoms with Gasteiger partial charge in [-0.3, -0.25) is 4.79 Å². The highest BCUT2D eigenvalue weighted by molar-refractivity contribution is 5.96. The standard InChI is InChI=1S/C18H21NO2/c1-13-4-5-14(3-2-10-20)11-17(13)18(21)19(16-8-9-16)12-15-6-7-15/h4-5,11,15-16,20H,6-10,12H2,1H3. The third-order valence-electron chi connectivity index (χ3n) is 4.18. The van der Waals surface area contributed by atoms with E-state index in [1.165, 1.54) is 12.8 Å². The van der Waals surface area contributed by atoms with E-state index in [1.807, 2.05) is 25.1 Å². The molecule has 2 aliphatic carbocycles. The SMILES string of the molecule is Cc1ccc(C#CCO)cc1C(=O)N(CC1CC1)C1CC1. The van der Waals surface area contributed by atoms with Crippen molar-refractivity contribution in [2.24, 2.45) is 5.92 Å². The zero-order valence-electron chi connectivity index (χ0n) is 12.4. The van der Waals surface area contributed by atoms with Crippen molar-refractivity contribution >= 4 is 5.91 Å². The molecule has 0 atom stereocenters. The largest absolute Gasteiger partial charge is 0.384 e. The van der Waals surface area contributed by atoms with Crippen molar-refractivity contribution in [1.82, 2.24) is 4.90 Å². The highest BCUT2D eigenvalue weighted by atomic mass is 16.2. The number of aryl methyl sites for hydroxylation is 1. The summed E-state index contributed by atoms with van der Waals surface area (Å²) in [7, 11) is 0. The molecule has 0 spiro atoms. The number of carbonyl (C=O) groups excluding carboxylic acids is 1. The monoisotopic (exact) mass is 283 g/mol. The number of nitrogens with zero attached hydrogens (tertiary/aromatic N) is 1. The van der Waals surface area contributed by atoms with E-state index in [-0.39, 0.29) is 12.5 Å². The fourth-order valence-electron chi connectivity index (χ4n) is 2.59.